The lowest BCUT2D eigenvalue weighted by atomic mass is 9.88. The number of hydrogen-bond donors (Lipinski definition) is 1. The van der Waals surface area contributed by atoms with Gasteiger partial charge in [0.05, 0.1) is 6.61 Å². The molecular weight excluding hydrogens is 264 g/mol. The van der Waals surface area contributed by atoms with Gasteiger partial charge in [0.25, 0.3) is 0 Å². The Morgan fingerprint density at radius 3 is 2.43 bits per heavy atom. The Kier molecular flexibility index (Phi) is 8.27. The number of ether oxygens (including phenoxy) is 1. The van der Waals surface area contributed by atoms with Crippen LogP contribution in [0.5, 0.6) is 0 Å². The highest BCUT2D eigenvalue weighted by Gasteiger charge is 2.34. The number of amides is 1. The van der Waals surface area contributed by atoms with Gasteiger partial charge in [0.1, 0.15) is 0 Å². The summed E-state index contributed by atoms with van der Waals surface area (Å²) in [5.41, 5.74) is 5.68. The van der Waals surface area contributed by atoms with Crippen molar-refractivity contribution in [3.8, 4) is 0 Å². The summed E-state index contributed by atoms with van der Waals surface area (Å²) in [6.07, 6.45) is 5.14. The smallest absolute Gasteiger partial charge is 0.222 e. The van der Waals surface area contributed by atoms with Crippen molar-refractivity contribution < 1.29 is 9.53 Å². The Morgan fingerprint density at radius 2 is 1.95 bits per heavy atom. The van der Waals surface area contributed by atoms with Crippen molar-refractivity contribution in [2.24, 2.45) is 23.5 Å². The molecule has 0 aromatic rings. The SMILES string of the molecule is COCCN(C(=O)CCC(CCN)C(C)C)C(C)C1CC1. The fraction of sp³-hybridized carbons (Fsp3) is 0.941. The van der Waals surface area contributed by atoms with E-state index in [4.69, 9.17) is 10.5 Å². The normalized spacial score (nSPS) is 17.8. The summed E-state index contributed by atoms with van der Waals surface area (Å²) in [7, 11) is 1.69. The topological polar surface area (TPSA) is 55.6 Å². The maximum atomic E-state index is 12.6. The lowest BCUT2D eigenvalue weighted by molar-refractivity contribution is -0.134. The van der Waals surface area contributed by atoms with Crippen LogP contribution in [-0.2, 0) is 9.53 Å². The van der Waals surface area contributed by atoms with Gasteiger partial charge in [-0.1, -0.05) is 13.8 Å². The average Bonchev–Trinajstić information content (AvgIpc) is 3.27. The lowest BCUT2D eigenvalue weighted by Gasteiger charge is -2.30. The molecule has 2 N–H and O–H groups in total. The van der Waals surface area contributed by atoms with Crippen LogP contribution in [0.15, 0.2) is 0 Å². The standard InChI is InChI=1S/C17H34N2O2/c1-13(2)15(9-10-18)7-8-17(20)19(11-12-21-4)14(3)16-5-6-16/h13-16H,5-12,18H2,1-4H3. The molecule has 2 unspecified atom stereocenters. The fourth-order valence-electron chi connectivity index (χ4n) is 3.06. The zero-order valence-electron chi connectivity index (χ0n) is 14.3. The number of nitrogens with two attached hydrogens (primary N) is 1. The largest absolute Gasteiger partial charge is 0.383 e. The number of rotatable bonds is 11. The van der Waals surface area contributed by atoms with Crippen LogP contribution in [0.1, 0.15) is 52.9 Å². The van der Waals surface area contributed by atoms with Gasteiger partial charge in [-0.2, -0.15) is 0 Å². The summed E-state index contributed by atoms with van der Waals surface area (Å²) in [5, 5.41) is 0. The van der Waals surface area contributed by atoms with Gasteiger partial charge >= 0.3 is 0 Å². The molecule has 1 rings (SSSR count). The Morgan fingerprint density at radius 1 is 1.29 bits per heavy atom. The second-order valence-electron chi connectivity index (χ2n) is 6.78. The third-order valence-corrected chi connectivity index (χ3v) is 4.86. The van der Waals surface area contributed by atoms with Crippen LogP contribution in [0, 0.1) is 17.8 Å². The van der Waals surface area contributed by atoms with Crippen LogP contribution in [0.2, 0.25) is 0 Å². The lowest BCUT2D eigenvalue weighted by Crippen LogP contribution is -2.42. The molecule has 0 aromatic carbocycles. The van der Waals surface area contributed by atoms with E-state index in [1.807, 2.05) is 4.90 Å². The molecule has 4 nitrogen and oxygen atoms in total. The van der Waals surface area contributed by atoms with Crippen LogP contribution < -0.4 is 5.73 Å². The monoisotopic (exact) mass is 298 g/mol. The van der Waals surface area contributed by atoms with Gasteiger partial charge in [-0.25, -0.2) is 0 Å². The first kappa shape index (κ1) is 18.4. The number of carbonyl (C=O) groups is 1. The molecule has 0 spiro atoms. The Hall–Kier alpha value is -0.610. The first-order valence-corrected chi connectivity index (χ1v) is 8.49. The summed E-state index contributed by atoms with van der Waals surface area (Å²) in [6, 6.07) is 0.361. The van der Waals surface area contributed by atoms with E-state index in [1.165, 1.54) is 12.8 Å². The summed E-state index contributed by atoms with van der Waals surface area (Å²) in [5.74, 6) is 2.14. The first-order chi connectivity index (χ1) is 10.0. The number of hydrogen-bond acceptors (Lipinski definition) is 3. The van der Waals surface area contributed by atoms with Crippen LogP contribution in [-0.4, -0.2) is 43.7 Å². The van der Waals surface area contributed by atoms with Gasteiger partial charge in [0.2, 0.25) is 5.91 Å². The highest BCUT2D eigenvalue weighted by atomic mass is 16.5. The predicted octanol–water partition coefficient (Wildman–Crippen LogP) is 2.66. The van der Waals surface area contributed by atoms with E-state index in [0.29, 0.717) is 43.4 Å². The molecule has 0 saturated heterocycles. The van der Waals surface area contributed by atoms with Crippen molar-refractivity contribution >= 4 is 5.91 Å². The molecule has 124 valence electrons. The minimum Gasteiger partial charge on any atom is -0.383 e. The Balaban J connectivity index is 2.50. The number of carbonyl (C=O) groups excluding carboxylic acids is 1. The van der Waals surface area contributed by atoms with Gasteiger partial charge in [-0.05, 0) is 56.9 Å². The van der Waals surface area contributed by atoms with Crippen molar-refractivity contribution in [1.82, 2.24) is 4.90 Å². The first-order valence-electron chi connectivity index (χ1n) is 8.49. The second-order valence-corrected chi connectivity index (χ2v) is 6.78. The summed E-state index contributed by atoms with van der Waals surface area (Å²) in [4.78, 5) is 14.6. The van der Waals surface area contributed by atoms with E-state index in [9.17, 15) is 4.79 Å². The Labute approximate surface area is 130 Å². The van der Waals surface area contributed by atoms with Crippen LogP contribution in [0.4, 0.5) is 0 Å². The maximum Gasteiger partial charge on any atom is 0.222 e. The molecule has 1 amide bonds. The van der Waals surface area contributed by atoms with Crippen LogP contribution >= 0.6 is 0 Å². The predicted molar refractivity (Wildman–Crippen MR) is 87.0 cm³/mol. The van der Waals surface area contributed by atoms with Crippen molar-refractivity contribution in [2.75, 3.05) is 26.8 Å². The van der Waals surface area contributed by atoms with E-state index in [0.717, 1.165) is 19.4 Å². The highest BCUT2D eigenvalue weighted by Crippen LogP contribution is 2.35. The molecule has 1 aliphatic rings. The minimum atomic E-state index is 0.286. The quantitative estimate of drug-likeness (QED) is 0.638. The van der Waals surface area contributed by atoms with Crippen molar-refractivity contribution in [3.05, 3.63) is 0 Å². The molecule has 4 heteroatoms. The average molecular weight is 298 g/mol. The molecular formula is C17H34N2O2. The Bertz CT molecular complexity index is 303. The second kappa shape index (κ2) is 9.42. The molecule has 0 heterocycles. The molecule has 0 radical (unpaired) electrons. The molecule has 1 fully saturated rings. The van der Waals surface area contributed by atoms with E-state index >= 15 is 0 Å². The minimum absolute atomic E-state index is 0.286. The molecule has 2 atom stereocenters. The van der Waals surface area contributed by atoms with E-state index < -0.39 is 0 Å². The van der Waals surface area contributed by atoms with Gasteiger partial charge in [0.15, 0.2) is 0 Å². The van der Waals surface area contributed by atoms with E-state index in [1.54, 1.807) is 7.11 Å². The molecule has 0 aliphatic heterocycles. The van der Waals surface area contributed by atoms with Gasteiger partial charge in [-0.3, -0.25) is 4.79 Å². The third kappa shape index (κ3) is 6.35. The molecule has 0 aromatic heterocycles. The third-order valence-electron chi connectivity index (χ3n) is 4.86. The fourth-order valence-corrected chi connectivity index (χ4v) is 3.06. The van der Waals surface area contributed by atoms with Crippen molar-refractivity contribution in [3.63, 3.8) is 0 Å². The van der Waals surface area contributed by atoms with Crippen LogP contribution in [0.25, 0.3) is 0 Å². The number of nitrogens with zero attached hydrogens (tertiary/aromatic N) is 1. The summed E-state index contributed by atoms with van der Waals surface area (Å²) in [6.45, 7) is 8.68. The van der Waals surface area contributed by atoms with Crippen molar-refractivity contribution in [2.45, 2.75) is 58.9 Å². The van der Waals surface area contributed by atoms with Crippen molar-refractivity contribution in [1.29, 1.82) is 0 Å². The van der Waals surface area contributed by atoms with E-state index in [2.05, 4.69) is 20.8 Å². The zero-order valence-corrected chi connectivity index (χ0v) is 14.3. The zero-order chi connectivity index (χ0) is 15.8. The molecule has 0 bridgehead atoms. The maximum absolute atomic E-state index is 12.6. The van der Waals surface area contributed by atoms with E-state index in [-0.39, 0.29) is 5.91 Å². The van der Waals surface area contributed by atoms with Gasteiger partial charge in [-0.15, -0.1) is 0 Å². The van der Waals surface area contributed by atoms with Crippen LogP contribution in [0.3, 0.4) is 0 Å². The van der Waals surface area contributed by atoms with Gasteiger partial charge in [0, 0.05) is 26.1 Å². The van der Waals surface area contributed by atoms with Gasteiger partial charge < -0.3 is 15.4 Å². The molecule has 21 heavy (non-hydrogen) atoms. The molecule has 1 saturated carbocycles. The number of methoxy groups -OCH3 is 1. The highest BCUT2D eigenvalue weighted by molar-refractivity contribution is 5.76. The summed E-state index contributed by atoms with van der Waals surface area (Å²) < 4.78 is 5.16. The molecule has 1 aliphatic carbocycles. The summed E-state index contributed by atoms with van der Waals surface area (Å²) >= 11 is 0.